The molecule has 1 aliphatic carbocycles. The van der Waals surface area contributed by atoms with E-state index in [0.717, 1.165) is 18.0 Å². The molecule has 1 fully saturated rings. The van der Waals surface area contributed by atoms with Crippen molar-refractivity contribution in [1.29, 1.82) is 0 Å². The Morgan fingerprint density at radius 3 is 2.68 bits per heavy atom. The summed E-state index contributed by atoms with van der Waals surface area (Å²) in [6, 6.07) is 5.68. The number of hydrogen-bond acceptors (Lipinski definition) is 3. The fraction of sp³-hybridized carbons (Fsp3) is 0.533. The molecule has 0 heterocycles. The second-order valence-corrected chi connectivity index (χ2v) is 5.72. The Morgan fingerprint density at radius 1 is 1.47 bits per heavy atom. The van der Waals surface area contributed by atoms with E-state index in [1.165, 1.54) is 12.8 Å². The van der Waals surface area contributed by atoms with E-state index in [-0.39, 0.29) is 11.9 Å². The molecule has 1 amide bonds. The van der Waals surface area contributed by atoms with Crippen LogP contribution in [-0.4, -0.2) is 26.0 Å². The molecule has 1 aromatic carbocycles. The molecule has 0 saturated heterocycles. The second-order valence-electron chi connectivity index (χ2n) is 5.72. The van der Waals surface area contributed by atoms with Crippen LogP contribution < -0.4 is 16.0 Å². The number of carbonyl (C=O) groups is 1. The number of nitrogens with one attached hydrogen (secondary N) is 1. The van der Waals surface area contributed by atoms with E-state index in [0.29, 0.717) is 11.3 Å². The Bertz CT molecular complexity index is 466. The monoisotopic (exact) mass is 261 g/mol. The van der Waals surface area contributed by atoms with Gasteiger partial charge in [0.25, 0.3) is 5.91 Å². The molecule has 1 atom stereocenters. The van der Waals surface area contributed by atoms with Gasteiger partial charge in [0.1, 0.15) is 0 Å². The van der Waals surface area contributed by atoms with Crippen LogP contribution in [0.3, 0.4) is 0 Å². The van der Waals surface area contributed by atoms with Crippen LogP contribution in [0, 0.1) is 5.92 Å². The van der Waals surface area contributed by atoms with Gasteiger partial charge in [-0.3, -0.25) is 4.79 Å². The Balaban J connectivity index is 2.00. The minimum absolute atomic E-state index is 0.0369. The van der Waals surface area contributed by atoms with Crippen molar-refractivity contribution in [2.24, 2.45) is 5.92 Å². The summed E-state index contributed by atoms with van der Waals surface area (Å²) in [7, 11) is 3.87. The molecule has 4 nitrogen and oxygen atoms in total. The number of amides is 1. The number of anilines is 2. The first-order valence-corrected chi connectivity index (χ1v) is 6.85. The molecule has 0 aromatic heterocycles. The van der Waals surface area contributed by atoms with Crippen molar-refractivity contribution in [3.8, 4) is 0 Å². The van der Waals surface area contributed by atoms with Gasteiger partial charge in [-0.15, -0.1) is 0 Å². The Labute approximate surface area is 115 Å². The topological polar surface area (TPSA) is 58.4 Å². The molecule has 0 radical (unpaired) electrons. The summed E-state index contributed by atoms with van der Waals surface area (Å²) < 4.78 is 0. The lowest BCUT2D eigenvalue weighted by Crippen LogP contribution is -2.33. The highest BCUT2D eigenvalue weighted by molar-refractivity contribution is 5.96. The van der Waals surface area contributed by atoms with Gasteiger partial charge in [0.2, 0.25) is 0 Å². The molecule has 1 aromatic rings. The minimum Gasteiger partial charge on any atom is -0.397 e. The third-order valence-electron chi connectivity index (χ3n) is 3.53. The largest absolute Gasteiger partial charge is 0.397 e. The van der Waals surface area contributed by atoms with Crippen LogP contribution in [0.25, 0.3) is 0 Å². The first-order valence-electron chi connectivity index (χ1n) is 6.85. The average molecular weight is 261 g/mol. The minimum atomic E-state index is -0.0369. The molecule has 0 spiro atoms. The van der Waals surface area contributed by atoms with Crippen LogP contribution >= 0.6 is 0 Å². The van der Waals surface area contributed by atoms with Crippen LogP contribution in [0.15, 0.2) is 18.2 Å². The predicted octanol–water partition coefficient (Wildman–Crippen LogP) is 2.25. The van der Waals surface area contributed by atoms with Gasteiger partial charge in [-0.1, -0.05) is 12.8 Å². The highest BCUT2D eigenvalue weighted by Crippen LogP contribution is 2.33. The molecule has 104 valence electrons. The molecule has 0 bridgehead atoms. The maximum absolute atomic E-state index is 12.1. The van der Waals surface area contributed by atoms with Crippen molar-refractivity contribution in [1.82, 2.24) is 5.32 Å². The van der Waals surface area contributed by atoms with Crippen molar-refractivity contribution in [2.45, 2.75) is 32.2 Å². The summed E-state index contributed by atoms with van der Waals surface area (Å²) >= 11 is 0. The van der Waals surface area contributed by atoms with E-state index >= 15 is 0 Å². The number of nitrogens with zero attached hydrogens (tertiary/aromatic N) is 1. The number of hydrogen-bond donors (Lipinski definition) is 2. The number of benzene rings is 1. The molecular weight excluding hydrogens is 238 g/mol. The maximum atomic E-state index is 12.1. The lowest BCUT2D eigenvalue weighted by Gasteiger charge is -2.17. The fourth-order valence-corrected chi connectivity index (χ4v) is 2.32. The molecule has 3 N–H and O–H groups in total. The van der Waals surface area contributed by atoms with Crippen LogP contribution in [0.5, 0.6) is 0 Å². The SMILES string of the molecule is CC(CC1CC1)NC(=O)c1ccc(N(C)C)c(N)c1. The van der Waals surface area contributed by atoms with E-state index < -0.39 is 0 Å². The molecule has 4 heteroatoms. The summed E-state index contributed by atoms with van der Waals surface area (Å²) in [6.07, 6.45) is 3.70. The van der Waals surface area contributed by atoms with E-state index in [1.807, 2.05) is 31.1 Å². The van der Waals surface area contributed by atoms with E-state index in [2.05, 4.69) is 12.2 Å². The summed E-state index contributed by atoms with van der Waals surface area (Å²) in [5, 5.41) is 3.04. The van der Waals surface area contributed by atoms with Gasteiger partial charge in [-0.25, -0.2) is 0 Å². The number of carbonyl (C=O) groups excluding carboxylic acids is 1. The van der Waals surface area contributed by atoms with Crippen molar-refractivity contribution < 1.29 is 4.79 Å². The van der Waals surface area contributed by atoms with Gasteiger partial charge in [-0.05, 0) is 37.5 Å². The third-order valence-corrected chi connectivity index (χ3v) is 3.53. The number of rotatable bonds is 5. The van der Waals surface area contributed by atoms with Crippen LogP contribution in [0.1, 0.15) is 36.5 Å². The van der Waals surface area contributed by atoms with Crippen molar-refractivity contribution >= 4 is 17.3 Å². The van der Waals surface area contributed by atoms with Crippen LogP contribution in [0.2, 0.25) is 0 Å². The number of nitrogens with two attached hydrogens (primary N) is 1. The zero-order valence-electron chi connectivity index (χ0n) is 11.9. The standard InChI is InChI=1S/C15H23N3O/c1-10(8-11-4-5-11)17-15(19)12-6-7-14(18(2)3)13(16)9-12/h6-7,9-11H,4-5,8,16H2,1-3H3,(H,17,19). The third kappa shape index (κ3) is 3.63. The maximum Gasteiger partial charge on any atom is 0.251 e. The van der Waals surface area contributed by atoms with Gasteiger partial charge in [0.05, 0.1) is 11.4 Å². The second kappa shape index (κ2) is 5.51. The van der Waals surface area contributed by atoms with E-state index in [9.17, 15) is 4.79 Å². The molecule has 1 aliphatic rings. The van der Waals surface area contributed by atoms with Crippen LogP contribution in [0.4, 0.5) is 11.4 Å². The zero-order valence-corrected chi connectivity index (χ0v) is 11.9. The summed E-state index contributed by atoms with van der Waals surface area (Å²) in [5.74, 6) is 0.779. The van der Waals surface area contributed by atoms with Crippen molar-refractivity contribution in [3.05, 3.63) is 23.8 Å². The average Bonchev–Trinajstić information content (AvgIpc) is 3.11. The molecule has 2 rings (SSSR count). The fourth-order valence-electron chi connectivity index (χ4n) is 2.32. The molecule has 1 unspecified atom stereocenters. The normalized spacial score (nSPS) is 15.9. The number of nitrogen functional groups attached to an aromatic ring is 1. The van der Waals surface area contributed by atoms with E-state index in [1.54, 1.807) is 6.07 Å². The highest BCUT2D eigenvalue weighted by Gasteiger charge is 2.24. The van der Waals surface area contributed by atoms with E-state index in [4.69, 9.17) is 5.73 Å². The van der Waals surface area contributed by atoms with Gasteiger partial charge in [-0.2, -0.15) is 0 Å². The molecule has 19 heavy (non-hydrogen) atoms. The first-order chi connectivity index (χ1) is 8.97. The molecule has 0 aliphatic heterocycles. The highest BCUT2D eigenvalue weighted by atomic mass is 16.1. The van der Waals surface area contributed by atoms with Gasteiger partial charge in [0, 0.05) is 25.7 Å². The van der Waals surface area contributed by atoms with Crippen molar-refractivity contribution in [2.75, 3.05) is 24.7 Å². The lowest BCUT2D eigenvalue weighted by atomic mass is 10.1. The Hall–Kier alpha value is -1.71. The summed E-state index contributed by atoms with van der Waals surface area (Å²) in [4.78, 5) is 14.0. The zero-order chi connectivity index (χ0) is 14.0. The predicted molar refractivity (Wildman–Crippen MR) is 79.5 cm³/mol. The molecular formula is C15H23N3O. The summed E-state index contributed by atoms with van der Waals surface area (Å²) in [5.41, 5.74) is 8.16. The molecule has 1 saturated carbocycles. The van der Waals surface area contributed by atoms with Crippen LogP contribution in [-0.2, 0) is 0 Å². The van der Waals surface area contributed by atoms with Crippen molar-refractivity contribution in [3.63, 3.8) is 0 Å². The van der Waals surface area contributed by atoms with Gasteiger partial charge >= 0.3 is 0 Å². The van der Waals surface area contributed by atoms with Gasteiger partial charge < -0.3 is 16.0 Å². The smallest absolute Gasteiger partial charge is 0.251 e. The lowest BCUT2D eigenvalue weighted by molar-refractivity contribution is 0.0937. The first kappa shape index (κ1) is 13.7. The Kier molecular flexibility index (Phi) is 3.98. The van der Waals surface area contributed by atoms with Gasteiger partial charge in [0.15, 0.2) is 0 Å². The Morgan fingerprint density at radius 2 is 2.16 bits per heavy atom. The quantitative estimate of drug-likeness (QED) is 0.799. The summed E-state index contributed by atoms with van der Waals surface area (Å²) in [6.45, 7) is 2.06.